The number of aromatic amines is 1. The van der Waals surface area contributed by atoms with E-state index in [-0.39, 0.29) is 17.6 Å². The van der Waals surface area contributed by atoms with Crippen molar-refractivity contribution in [3.05, 3.63) is 41.7 Å². The molecule has 6 heteroatoms. The number of ether oxygens (including phenoxy) is 1. The first-order valence-corrected chi connectivity index (χ1v) is 5.60. The summed E-state index contributed by atoms with van der Waals surface area (Å²) >= 11 is 0. The van der Waals surface area contributed by atoms with Crippen LogP contribution in [0.2, 0.25) is 0 Å². The number of nitrogens with zero attached hydrogens (tertiary/aromatic N) is 2. The summed E-state index contributed by atoms with van der Waals surface area (Å²) in [6, 6.07) is 4.99. The first kappa shape index (κ1) is 12.5. The van der Waals surface area contributed by atoms with Gasteiger partial charge in [0.25, 0.3) is 0 Å². The summed E-state index contributed by atoms with van der Waals surface area (Å²) in [4.78, 5) is 4.07. The summed E-state index contributed by atoms with van der Waals surface area (Å²) in [5.41, 5.74) is 0.574. The molecule has 0 fully saturated rings. The average molecular weight is 250 g/mol. The monoisotopic (exact) mass is 250 g/mol. The predicted molar refractivity (Wildman–Crippen MR) is 64.8 cm³/mol. The normalized spacial score (nSPS) is 12.4. The number of hydrogen-bond donors (Lipinski definition) is 2. The van der Waals surface area contributed by atoms with Crippen molar-refractivity contribution >= 4 is 0 Å². The van der Waals surface area contributed by atoms with Crippen LogP contribution in [0, 0.1) is 5.82 Å². The van der Waals surface area contributed by atoms with Crippen LogP contribution in [-0.4, -0.2) is 29.3 Å². The Hall–Kier alpha value is -1.95. The molecule has 0 saturated heterocycles. The second-order valence-corrected chi connectivity index (χ2v) is 3.85. The van der Waals surface area contributed by atoms with Gasteiger partial charge in [-0.05, 0) is 25.1 Å². The lowest BCUT2D eigenvalue weighted by Crippen LogP contribution is -2.20. The molecule has 5 nitrogen and oxygen atoms in total. The predicted octanol–water partition coefficient (Wildman–Crippen LogP) is 1.46. The first-order valence-electron chi connectivity index (χ1n) is 5.60. The van der Waals surface area contributed by atoms with Gasteiger partial charge >= 0.3 is 0 Å². The molecule has 2 aromatic rings. The minimum absolute atomic E-state index is 0.117. The lowest BCUT2D eigenvalue weighted by atomic mass is 10.0. The van der Waals surface area contributed by atoms with Crippen LogP contribution in [0.4, 0.5) is 4.39 Å². The summed E-state index contributed by atoms with van der Waals surface area (Å²) in [5.74, 6) is 0.597. The molecule has 96 valence electrons. The zero-order valence-electron chi connectivity index (χ0n) is 10.3. The smallest absolute Gasteiger partial charge is 0.168 e. The minimum atomic E-state index is -0.334. The van der Waals surface area contributed by atoms with Crippen molar-refractivity contribution in [2.75, 3.05) is 14.2 Å². The van der Waals surface area contributed by atoms with Crippen LogP contribution in [0.5, 0.6) is 5.75 Å². The van der Waals surface area contributed by atoms with Gasteiger partial charge in [0.05, 0.1) is 13.2 Å². The molecule has 0 radical (unpaired) electrons. The fourth-order valence-corrected chi connectivity index (χ4v) is 1.81. The van der Waals surface area contributed by atoms with Crippen molar-refractivity contribution in [3.8, 4) is 5.75 Å². The second kappa shape index (κ2) is 5.59. The zero-order valence-corrected chi connectivity index (χ0v) is 10.3. The summed E-state index contributed by atoms with van der Waals surface area (Å²) in [6.07, 6.45) is 1.90. The molecule has 2 rings (SSSR count). The number of rotatable bonds is 5. The van der Waals surface area contributed by atoms with Gasteiger partial charge in [-0.25, -0.2) is 9.37 Å². The van der Waals surface area contributed by atoms with Crippen molar-refractivity contribution in [2.45, 2.75) is 12.5 Å². The van der Waals surface area contributed by atoms with Crippen molar-refractivity contribution < 1.29 is 9.13 Å². The number of nitrogens with one attached hydrogen (secondary N) is 2. The van der Waals surface area contributed by atoms with Crippen LogP contribution in [0.25, 0.3) is 0 Å². The highest BCUT2D eigenvalue weighted by Gasteiger charge is 2.17. The quantitative estimate of drug-likeness (QED) is 0.843. The van der Waals surface area contributed by atoms with Crippen LogP contribution in [0.3, 0.4) is 0 Å². The largest absolute Gasteiger partial charge is 0.494 e. The van der Waals surface area contributed by atoms with Gasteiger partial charge < -0.3 is 10.1 Å². The third-order valence-corrected chi connectivity index (χ3v) is 2.80. The van der Waals surface area contributed by atoms with Crippen LogP contribution >= 0.6 is 0 Å². The highest BCUT2D eigenvalue weighted by Crippen LogP contribution is 2.23. The maximum Gasteiger partial charge on any atom is 0.168 e. The summed E-state index contributed by atoms with van der Waals surface area (Å²) in [6.45, 7) is 0. The van der Waals surface area contributed by atoms with E-state index in [4.69, 9.17) is 4.74 Å². The number of hydrogen-bond acceptors (Lipinski definition) is 4. The molecular formula is C12H15FN4O. The number of likely N-dealkylation sites (N-methyl/N-ethyl adjacent to an activating group) is 1. The van der Waals surface area contributed by atoms with E-state index in [0.29, 0.717) is 17.8 Å². The lowest BCUT2D eigenvalue weighted by molar-refractivity contribution is 0.382. The number of methoxy groups -OCH3 is 1. The van der Waals surface area contributed by atoms with E-state index >= 15 is 0 Å². The summed E-state index contributed by atoms with van der Waals surface area (Å²) < 4.78 is 19.0. The van der Waals surface area contributed by atoms with Gasteiger partial charge in [0.15, 0.2) is 11.6 Å². The number of H-pyrrole nitrogens is 1. The SMILES string of the molecule is CNC(Cc1cccc(OC)c1F)c1ncn[nH]1. The molecular weight excluding hydrogens is 235 g/mol. The van der Waals surface area contributed by atoms with E-state index in [9.17, 15) is 4.39 Å². The Labute approximate surface area is 104 Å². The van der Waals surface area contributed by atoms with E-state index < -0.39 is 0 Å². The third kappa shape index (κ3) is 2.48. The first-order chi connectivity index (χ1) is 8.76. The Morgan fingerprint density at radius 1 is 1.50 bits per heavy atom. The average Bonchev–Trinajstić information content (AvgIpc) is 2.91. The van der Waals surface area contributed by atoms with E-state index in [1.54, 1.807) is 25.2 Å². The van der Waals surface area contributed by atoms with Crippen molar-refractivity contribution in [1.82, 2.24) is 20.5 Å². The van der Waals surface area contributed by atoms with Crippen molar-refractivity contribution in [3.63, 3.8) is 0 Å². The Bertz CT molecular complexity index is 501. The molecule has 0 amide bonds. The molecule has 1 atom stereocenters. The minimum Gasteiger partial charge on any atom is -0.494 e. The molecule has 0 bridgehead atoms. The Morgan fingerprint density at radius 2 is 2.33 bits per heavy atom. The van der Waals surface area contributed by atoms with Gasteiger partial charge in [-0.3, -0.25) is 5.10 Å². The molecule has 1 heterocycles. The highest BCUT2D eigenvalue weighted by molar-refractivity contribution is 5.31. The third-order valence-electron chi connectivity index (χ3n) is 2.80. The Balaban J connectivity index is 2.22. The zero-order chi connectivity index (χ0) is 13.0. The molecule has 1 unspecified atom stereocenters. The molecule has 0 aliphatic heterocycles. The number of aromatic nitrogens is 3. The molecule has 0 spiro atoms. The van der Waals surface area contributed by atoms with E-state index in [2.05, 4.69) is 20.5 Å². The van der Waals surface area contributed by atoms with Gasteiger partial charge in [-0.2, -0.15) is 5.10 Å². The van der Waals surface area contributed by atoms with Gasteiger partial charge in [0.1, 0.15) is 12.2 Å². The van der Waals surface area contributed by atoms with E-state index in [1.165, 1.54) is 13.4 Å². The summed E-state index contributed by atoms with van der Waals surface area (Å²) in [7, 11) is 3.25. The van der Waals surface area contributed by atoms with Crippen molar-refractivity contribution in [1.29, 1.82) is 0 Å². The van der Waals surface area contributed by atoms with E-state index in [0.717, 1.165) is 0 Å². The molecule has 1 aromatic heterocycles. The fraction of sp³-hybridized carbons (Fsp3) is 0.333. The summed E-state index contributed by atoms with van der Waals surface area (Å²) in [5, 5.41) is 9.65. The van der Waals surface area contributed by atoms with Gasteiger partial charge in [-0.1, -0.05) is 12.1 Å². The molecule has 2 N–H and O–H groups in total. The molecule has 18 heavy (non-hydrogen) atoms. The maximum atomic E-state index is 14.0. The molecule has 1 aromatic carbocycles. The second-order valence-electron chi connectivity index (χ2n) is 3.85. The van der Waals surface area contributed by atoms with Crippen LogP contribution in [-0.2, 0) is 6.42 Å². The fourth-order valence-electron chi connectivity index (χ4n) is 1.81. The topological polar surface area (TPSA) is 62.8 Å². The van der Waals surface area contributed by atoms with Crippen LogP contribution in [0.15, 0.2) is 24.5 Å². The van der Waals surface area contributed by atoms with Gasteiger partial charge in [0.2, 0.25) is 0 Å². The van der Waals surface area contributed by atoms with Crippen LogP contribution < -0.4 is 10.1 Å². The van der Waals surface area contributed by atoms with Gasteiger partial charge in [0, 0.05) is 0 Å². The van der Waals surface area contributed by atoms with Crippen LogP contribution in [0.1, 0.15) is 17.4 Å². The van der Waals surface area contributed by atoms with E-state index in [1.807, 2.05) is 0 Å². The Morgan fingerprint density at radius 3 is 2.94 bits per heavy atom. The maximum absolute atomic E-state index is 14.0. The molecule has 0 aliphatic carbocycles. The number of benzene rings is 1. The lowest BCUT2D eigenvalue weighted by Gasteiger charge is -2.14. The molecule has 0 saturated carbocycles. The number of halogens is 1. The molecule has 0 aliphatic rings. The Kier molecular flexibility index (Phi) is 3.88. The van der Waals surface area contributed by atoms with Crippen molar-refractivity contribution in [2.24, 2.45) is 0 Å². The standard InChI is InChI=1S/C12H15FN4O/c1-14-9(12-15-7-16-17-12)6-8-4-3-5-10(18-2)11(8)13/h3-5,7,9,14H,6H2,1-2H3,(H,15,16,17). The van der Waals surface area contributed by atoms with Gasteiger partial charge in [-0.15, -0.1) is 0 Å². The highest BCUT2D eigenvalue weighted by atomic mass is 19.1.